The van der Waals surface area contributed by atoms with Gasteiger partial charge >= 0.3 is 0 Å². The first-order valence-corrected chi connectivity index (χ1v) is 11.5. The van der Waals surface area contributed by atoms with Crippen LogP contribution in [0.3, 0.4) is 0 Å². The van der Waals surface area contributed by atoms with Crippen molar-refractivity contribution in [2.24, 2.45) is 22.2 Å². The molecule has 1 saturated carbocycles. The van der Waals surface area contributed by atoms with Crippen molar-refractivity contribution in [3.63, 3.8) is 0 Å². The first-order valence-electron chi connectivity index (χ1n) is 11.5. The molecule has 0 aromatic heterocycles. The van der Waals surface area contributed by atoms with Crippen molar-refractivity contribution in [3.05, 3.63) is 29.8 Å². The summed E-state index contributed by atoms with van der Waals surface area (Å²) >= 11 is 0. The molecule has 2 heterocycles. The number of hydrogen-bond acceptors (Lipinski definition) is 3. The summed E-state index contributed by atoms with van der Waals surface area (Å²) < 4.78 is 5.93. The molecule has 0 amide bonds. The second-order valence-corrected chi connectivity index (χ2v) is 9.72. The predicted molar refractivity (Wildman–Crippen MR) is 136 cm³/mol. The van der Waals surface area contributed by atoms with E-state index < -0.39 is 0 Å². The average Bonchev–Trinajstić information content (AvgIpc) is 3.18. The highest BCUT2D eigenvalue weighted by Gasteiger charge is 2.59. The number of ether oxygens (including phenoxy) is 1. The van der Waals surface area contributed by atoms with Crippen molar-refractivity contribution in [2.45, 2.75) is 65.6 Å². The summed E-state index contributed by atoms with van der Waals surface area (Å²) in [6.45, 7) is 13.9. The quantitative estimate of drug-likeness (QED) is 0.339. The minimum Gasteiger partial charge on any atom is -0.377 e. The molecule has 1 aromatic rings. The van der Waals surface area contributed by atoms with E-state index in [2.05, 4.69) is 67.5 Å². The minimum atomic E-state index is 0. The van der Waals surface area contributed by atoms with Crippen molar-refractivity contribution in [3.8, 4) is 0 Å². The number of halogens is 1. The monoisotopic (exact) mass is 526 g/mol. The first-order chi connectivity index (χ1) is 14.0. The highest BCUT2D eigenvalue weighted by molar-refractivity contribution is 14.0. The molecule has 1 aliphatic carbocycles. The maximum absolute atomic E-state index is 5.93. The molecule has 0 radical (unpaired) electrons. The lowest BCUT2D eigenvalue weighted by Gasteiger charge is -2.54. The lowest BCUT2D eigenvalue weighted by molar-refractivity contribution is -0.106. The maximum atomic E-state index is 5.93. The summed E-state index contributed by atoms with van der Waals surface area (Å²) in [5, 5.41) is 7.13. The van der Waals surface area contributed by atoms with Crippen LogP contribution in [0.25, 0.3) is 0 Å². The highest BCUT2D eigenvalue weighted by Crippen LogP contribution is 2.52. The van der Waals surface area contributed by atoms with Crippen LogP contribution in [0.2, 0.25) is 0 Å². The first kappa shape index (κ1) is 23.6. The van der Waals surface area contributed by atoms with Gasteiger partial charge < -0.3 is 20.3 Å². The van der Waals surface area contributed by atoms with Gasteiger partial charge in [-0.3, -0.25) is 0 Å². The Bertz CT molecular complexity index is 712. The smallest absolute Gasteiger partial charge is 0.191 e. The molecule has 2 aliphatic heterocycles. The Morgan fingerprint density at radius 2 is 1.87 bits per heavy atom. The van der Waals surface area contributed by atoms with Crippen LogP contribution in [0.4, 0.5) is 5.69 Å². The van der Waals surface area contributed by atoms with Crippen molar-refractivity contribution in [1.82, 2.24) is 10.6 Å². The normalized spacial score (nSPS) is 28.3. The van der Waals surface area contributed by atoms with E-state index in [-0.39, 0.29) is 29.4 Å². The van der Waals surface area contributed by atoms with Crippen LogP contribution < -0.4 is 15.5 Å². The lowest BCUT2D eigenvalue weighted by atomic mass is 9.57. The van der Waals surface area contributed by atoms with Crippen LogP contribution in [0.15, 0.2) is 29.3 Å². The molecule has 1 aromatic carbocycles. The fraction of sp³-hybridized carbons (Fsp3) is 0.708. The summed E-state index contributed by atoms with van der Waals surface area (Å²) in [4.78, 5) is 7.39. The number of aliphatic imine (C=N–C) groups is 1. The summed E-state index contributed by atoms with van der Waals surface area (Å²) in [5.74, 6) is 2.40. The third kappa shape index (κ3) is 4.90. The highest BCUT2D eigenvalue weighted by atomic mass is 127. The van der Waals surface area contributed by atoms with Gasteiger partial charge in [0.25, 0.3) is 0 Å². The van der Waals surface area contributed by atoms with Crippen LogP contribution in [0.5, 0.6) is 0 Å². The number of fused-ring (bicyclic) bond motifs is 1. The van der Waals surface area contributed by atoms with Crippen molar-refractivity contribution < 1.29 is 4.74 Å². The van der Waals surface area contributed by atoms with E-state index in [1.807, 2.05) is 0 Å². The molecule has 3 fully saturated rings. The number of benzene rings is 1. The predicted octanol–water partition coefficient (Wildman–Crippen LogP) is 4.41. The number of anilines is 1. The topological polar surface area (TPSA) is 48.9 Å². The summed E-state index contributed by atoms with van der Waals surface area (Å²) in [5.41, 5.74) is 2.76. The standard InChI is InChI=1S/C24H38N4O.HI/c1-5-25-23(27-21-20-12-15-29-22(20)24(21,3)4)26-16-18-6-8-19(9-7-18)28-13-10-17(2)11-14-28;/h6-9,17,20-22H,5,10-16H2,1-4H3,(H2,25,26,27);1H. The van der Waals surface area contributed by atoms with Gasteiger partial charge in [0, 0.05) is 49.3 Å². The van der Waals surface area contributed by atoms with Gasteiger partial charge in [-0.1, -0.05) is 32.9 Å². The molecule has 2 N–H and O–H groups in total. The number of nitrogens with zero attached hydrogens (tertiary/aromatic N) is 2. The van der Waals surface area contributed by atoms with E-state index in [0.717, 1.165) is 31.4 Å². The Labute approximate surface area is 199 Å². The van der Waals surface area contributed by atoms with E-state index >= 15 is 0 Å². The van der Waals surface area contributed by atoms with E-state index in [1.54, 1.807) is 0 Å². The summed E-state index contributed by atoms with van der Waals surface area (Å²) in [6, 6.07) is 9.41. The number of nitrogens with one attached hydrogen (secondary N) is 2. The Morgan fingerprint density at radius 1 is 1.17 bits per heavy atom. The van der Waals surface area contributed by atoms with Gasteiger partial charge in [0.15, 0.2) is 5.96 Å². The largest absolute Gasteiger partial charge is 0.377 e. The van der Waals surface area contributed by atoms with Crippen LogP contribution in [0.1, 0.15) is 52.5 Å². The number of piperidine rings is 1. The van der Waals surface area contributed by atoms with Crippen LogP contribution in [-0.2, 0) is 11.3 Å². The molecule has 6 heteroatoms. The van der Waals surface area contributed by atoms with Crippen molar-refractivity contribution in [2.75, 3.05) is 31.1 Å². The molecule has 30 heavy (non-hydrogen) atoms. The third-order valence-corrected chi connectivity index (χ3v) is 7.24. The Kier molecular flexibility index (Phi) is 7.93. The van der Waals surface area contributed by atoms with Crippen molar-refractivity contribution >= 4 is 35.6 Å². The average molecular weight is 527 g/mol. The minimum absolute atomic E-state index is 0. The zero-order chi connectivity index (χ0) is 20.4. The summed E-state index contributed by atoms with van der Waals surface area (Å²) in [6.07, 6.45) is 4.15. The van der Waals surface area contributed by atoms with Crippen LogP contribution in [0, 0.1) is 17.3 Å². The molecular weight excluding hydrogens is 487 g/mol. The second kappa shape index (κ2) is 10.1. The van der Waals surface area contributed by atoms with Gasteiger partial charge in [-0.15, -0.1) is 24.0 Å². The van der Waals surface area contributed by atoms with E-state index in [1.165, 1.54) is 37.2 Å². The number of rotatable bonds is 5. The fourth-order valence-corrected chi connectivity index (χ4v) is 5.33. The van der Waals surface area contributed by atoms with E-state index in [9.17, 15) is 0 Å². The molecule has 0 bridgehead atoms. The Morgan fingerprint density at radius 3 is 2.53 bits per heavy atom. The Hall–Kier alpha value is -1.02. The molecule has 168 valence electrons. The van der Waals surface area contributed by atoms with Gasteiger partial charge in [0.05, 0.1) is 12.6 Å². The SMILES string of the molecule is CCNC(=NCc1ccc(N2CCC(C)CC2)cc1)NC1C2CCOC2C1(C)C.I. The van der Waals surface area contributed by atoms with E-state index in [0.29, 0.717) is 24.6 Å². The van der Waals surface area contributed by atoms with Gasteiger partial charge in [-0.2, -0.15) is 0 Å². The molecular formula is C24H39IN4O. The van der Waals surface area contributed by atoms with Gasteiger partial charge in [0.1, 0.15) is 0 Å². The van der Waals surface area contributed by atoms with Crippen molar-refractivity contribution in [1.29, 1.82) is 0 Å². The molecule has 4 rings (SSSR count). The maximum Gasteiger partial charge on any atom is 0.191 e. The number of hydrogen-bond donors (Lipinski definition) is 2. The summed E-state index contributed by atoms with van der Waals surface area (Å²) in [7, 11) is 0. The van der Waals surface area contributed by atoms with Gasteiger partial charge in [-0.25, -0.2) is 4.99 Å². The molecule has 5 nitrogen and oxygen atoms in total. The molecule has 0 spiro atoms. The van der Waals surface area contributed by atoms with Gasteiger partial charge in [0.2, 0.25) is 0 Å². The van der Waals surface area contributed by atoms with Gasteiger partial charge in [-0.05, 0) is 49.8 Å². The molecule has 2 saturated heterocycles. The fourth-order valence-electron chi connectivity index (χ4n) is 5.33. The number of guanidine groups is 1. The molecule has 3 aliphatic rings. The molecule has 3 atom stereocenters. The zero-order valence-electron chi connectivity index (χ0n) is 19.0. The second-order valence-electron chi connectivity index (χ2n) is 9.72. The third-order valence-electron chi connectivity index (χ3n) is 7.24. The Balaban J connectivity index is 0.00000256. The van der Waals surface area contributed by atoms with E-state index in [4.69, 9.17) is 9.73 Å². The lowest BCUT2D eigenvalue weighted by Crippen LogP contribution is -2.67. The van der Waals surface area contributed by atoms with Crippen LogP contribution >= 0.6 is 24.0 Å². The van der Waals surface area contributed by atoms with Crippen LogP contribution in [-0.4, -0.2) is 44.3 Å². The molecule has 3 unspecified atom stereocenters. The zero-order valence-corrected chi connectivity index (χ0v) is 21.3.